The summed E-state index contributed by atoms with van der Waals surface area (Å²) in [6, 6.07) is 0.602. The summed E-state index contributed by atoms with van der Waals surface area (Å²) in [7, 11) is 0. The van der Waals surface area contributed by atoms with Crippen LogP contribution >= 0.6 is 11.6 Å². The third-order valence-corrected chi connectivity index (χ3v) is 2.75. The molecule has 2 aliphatic rings. The maximum Gasteiger partial charge on any atom is 0.224 e. The highest BCUT2D eigenvalue weighted by atomic mass is 35.5. The van der Waals surface area contributed by atoms with Crippen LogP contribution in [-0.2, 0) is 13.1 Å². The van der Waals surface area contributed by atoms with E-state index >= 15 is 0 Å². The summed E-state index contributed by atoms with van der Waals surface area (Å²) < 4.78 is 0. The molecule has 0 atom stereocenters. The Morgan fingerprint density at radius 2 is 2.14 bits per heavy atom. The second kappa shape index (κ2) is 3.07. The number of rotatable bonds is 2. The van der Waals surface area contributed by atoms with Crippen LogP contribution in [0.1, 0.15) is 24.1 Å². The maximum absolute atomic E-state index is 5.84. The zero-order valence-electron chi connectivity index (χ0n) is 7.68. The van der Waals surface area contributed by atoms with E-state index in [1.165, 1.54) is 18.4 Å². The van der Waals surface area contributed by atoms with Crippen molar-refractivity contribution in [2.75, 3.05) is 5.32 Å². The van der Waals surface area contributed by atoms with Gasteiger partial charge in [0.05, 0.1) is 5.69 Å². The molecule has 1 fully saturated rings. The zero-order valence-corrected chi connectivity index (χ0v) is 8.43. The van der Waals surface area contributed by atoms with Gasteiger partial charge in [-0.2, -0.15) is 0 Å². The van der Waals surface area contributed by atoms with Crippen LogP contribution in [0.3, 0.4) is 0 Å². The number of nitrogens with one attached hydrogen (secondary N) is 2. The van der Waals surface area contributed by atoms with Crippen molar-refractivity contribution in [1.29, 1.82) is 0 Å². The van der Waals surface area contributed by atoms with E-state index in [-0.39, 0.29) is 0 Å². The van der Waals surface area contributed by atoms with Crippen LogP contribution in [0.4, 0.5) is 5.82 Å². The minimum Gasteiger partial charge on any atom is -0.367 e. The van der Waals surface area contributed by atoms with Gasteiger partial charge < -0.3 is 10.6 Å². The molecule has 5 heteroatoms. The monoisotopic (exact) mass is 210 g/mol. The molecule has 1 aliphatic heterocycles. The van der Waals surface area contributed by atoms with Crippen molar-refractivity contribution in [2.24, 2.45) is 0 Å². The van der Waals surface area contributed by atoms with Gasteiger partial charge >= 0.3 is 0 Å². The minimum atomic E-state index is 0.343. The molecule has 14 heavy (non-hydrogen) atoms. The minimum absolute atomic E-state index is 0.343. The van der Waals surface area contributed by atoms with Gasteiger partial charge in [0.2, 0.25) is 5.28 Å². The summed E-state index contributed by atoms with van der Waals surface area (Å²) in [6.07, 6.45) is 2.48. The van der Waals surface area contributed by atoms with Gasteiger partial charge in [-0.05, 0) is 24.4 Å². The van der Waals surface area contributed by atoms with Gasteiger partial charge in [0.25, 0.3) is 0 Å². The van der Waals surface area contributed by atoms with Crippen molar-refractivity contribution in [3.8, 4) is 0 Å². The van der Waals surface area contributed by atoms with Gasteiger partial charge in [0.15, 0.2) is 0 Å². The molecule has 2 heterocycles. The Hall–Kier alpha value is -0.870. The van der Waals surface area contributed by atoms with Gasteiger partial charge in [0.1, 0.15) is 5.82 Å². The summed E-state index contributed by atoms with van der Waals surface area (Å²) in [5.74, 6) is 0.924. The Labute approximate surface area is 87.1 Å². The first-order valence-electron chi connectivity index (χ1n) is 4.85. The van der Waals surface area contributed by atoms with Crippen LogP contribution in [0.25, 0.3) is 0 Å². The van der Waals surface area contributed by atoms with E-state index in [2.05, 4.69) is 20.6 Å². The SMILES string of the molecule is Clc1nc2c(c(NC3CC3)n1)CNC2. The number of nitrogens with zero attached hydrogens (tertiary/aromatic N) is 2. The fourth-order valence-corrected chi connectivity index (χ4v) is 1.87. The number of halogens is 1. The molecule has 0 spiro atoms. The van der Waals surface area contributed by atoms with E-state index in [1.54, 1.807) is 0 Å². The molecular formula is C9H11ClN4. The van der Waals surface area contributed by atoms with E-state index < -0.39 is 0 Å². The molecule has 1 aromatic heterocycles. The molecule has 74 valence electrons. The highest BCUT2D eigenvalue weighted by Crippen LogP contribution is 2.28. The first-order valence-corrected chi connectivity index (χ1v) is 5.23. The molecule has 4 nitrogen and oxygen atoms in total. The third-order valence-electron chi connectivity index (χ3n) is 2.58. The summed E-state index contributed by atoms with van der Waals surface area (Å²) >= 11 is 5.84. The second-order valence-electron chi connectivity index (χ2n) is 3.79. The van der Waals surface area contributed by atoms with E-state index in [0.29, 0.717) is 11.3 Å². The van der Waals surface area contributed by atoms with Crippen LogP contribution in [0.5, 0.6) is 0 Å². The molecule has 1 aliphatic carbocycles. The van der Waals surface area contributed by atoms with Crippen molar-refractivity contribution in [1.82, 2.24) is 15.3 Å². The van der Waals surface area contributed by atoms with Gasteiger partial charge in [-0.25, -0.2) is 9.97 Å². The smallest absolute Gasteiger partial charge is 0.224 e. The Kier molecular flexibility index (Phi) is 1.85. The second-order valence-corrected chi connectivity index (χ2v) is 4.13. The molecular weight excluding hydrogens is 200 g/mol. The van der Waals surface area contributed by atoms with E-state index in [9.17, 15) is 0 Å². The van der Waals surface area contributed by atoms with E-state index in [4.69, 9.17) is 11.6 Å². The third kappa shape index (κ3) is 1.44. The molecule has 1 aromatic rings. The normalized spacial score (nSPS) is 19.5. The Morgan fingerprint density at radius 3 is 2.93 bits per heavy atom. The highest BCUT2D eigenvalue weighted by molar-refractivity contribution is 6.28. The summed E-state index contributed by atoms with van der Waals surface area (Å²) in [6.45, 7) is 1.65. The summed E-state index contributed by atoms with van der Waals surface area (Å²) in [5, 5.41) is 6.97. The van der Waals surface area contributed by atoms with Gasteiger partial charge in [-0.15, -0.1) is 0 Å². The molecule has 3 rings (SSSR count). The quantitative estimate of drug-likeness (QED) is 0.723. The van der Waals surface area contributed by atoms with Crippen LogP contribution in [0.2, 0.25) is 5.28 Å². The number of fused-ring (bicyclic) bond motifs is 1. The molecule has 0 amide bonds. The largest absolute Gasteiger partial charge is 0.367 e. The predicted octanol–water partition coefficient (Wildman–Crippen LogP) is 1.31. The zero-order chi connectivity index (χ0) is 9.54. The molecule has 0 unspecified atom stereocenters. The van der Waals surface area contributed by atoms with Crippen LogP contribution in [0.15, 0.2) is 0 Å². The Balaban J connectivity index is 1.99. The lowest BCUT2D eigenvalue weighted by atomic mass is 10.2. The van der Waals surface area contributed by atoms with Crippen molar-refractivity contribution in [3.05, 3.63) is 16.5 Å². The number of anilines is 1. The molecule has 0 bridgehead atoms. The Bertz CT molecular complexity index is 375. The molecule has 1 saturated carbocycles. The van der Waals surface area contributed by atoms with Crippen LogP contribution in [0, 0.1) is 0 Å². The van der Waals surface area contributed by atoms with Gasteiger partial charge in [-0.1, -0.05) is 0 Å². The Morgan fingerprint density at radius 1 is 1.29 bits per heavy atom. The lowest BCUT2D eigenvalue weighted by molar-refractivity contribution is 0.758. The van der Waals surface area contributed by atoms with Crippen molar-refractivity contribution in [3.63, 3.8) is 0 Å². The van der Waals surface area contributed by atoms with Gasteiger partial charge in [-0.3, -0.25) is 0 Å². The standard InChI is InChI=1S/C9H11ClN4/c10-9-13-7-4-11-3-6(7)8(14-9)12-5-1-2-5/h5,11H,1-4H2,(H,12,13,14). The van der Waals surface area contributed by atoms with Crippen molar-refractivity contribution in [2.45, 2.75) is 32.0 Å². The average Bonchev–Trinajstić information content (AvgIpc) is 2.81. The lowest BCUT2D eigenvalue weighted by Gasteiger charge is -2.08. The van der Waals surface area contributed by atoms with Crippen LogP contribution in [-0.4, -0.2) is 16.0 Å². The number of hydrogen-bond donors (Lipinski definition) is 2. The molecule has 0 saturated heterocycles. The average molecular weight is 211 g/mol. The van der Waals surface area contributed by atoms with Crippen molar-refractivity contribution >= 4 is 17.4 Å². The molecule has 2 N–H and O–H groups in total. The summed E-state index contributed by atoms with van der Waals surface area (Å²) in [4.78, 5) is 8.42. The highest BCUT2D eigenvalue weighted by Gasteiger charge is 2.25. The predicted molar refractivity (Wildman–Crippen MR) is 54.2 cm³/mol. The molecule has 0 radical (unpaired) electrons. The summed E-state index contributed by atoms with van der Waals surface area (Å²) in [5.41, 5.74) is 2.22. The van der Waals surface area contributed by atoms with E-state index in [1.807, 2.05) is 0 Å². The topological polar surface area (TPSA) is 49.8 Å². The van der Waals surface area contributed by atoms with Crippen molar-refractivity contribution < 1.29 is 0 Å². The first-order chi connectivity index (χ1) is 6.83. The molecule has 0 aromatic carbocycles. The fraction of sp³-hybridized carbons (Fsp3) is 0.556. The first kappa shape index (κ1) is 8.44. The van der Waals surface area contributed by atoms with Crippen LogP contribution < -0.4 is 10.6 Å². The fourth-order valence-electron chi connectivity index (χ4n) is 1.68. The van der Waals surface area contributed by atoms with Gasteiger partial charge in [0, 0.05) is 24.7 Å². The number of hydrogen-bond acceptors (Lipinski definition) is 4. The lowest BCUT2D eigenvalue weighted by Crippen LogP contribution is -2.08. The number of aromatic nitrogens is 2. The maximum atomic E-state index is 5.84. The van der Waals surface area contributed by atoms with E-state index in [0.717, 1.165) is 24.6 Å².